The standard InChI is InChI=1S/C26H34FN3O5/c1-5-6-7-12-35-24-14-21(9-11-23(24)34-4)30-17-19(25(31)28-2)16-29(26(30)32)15-18-13-20(27)8-10-22(18)33-3/h8-11,13-14,19H,5-7,12,15-17H2,1-4H3,(H,28,31). The van der Waals surface area contributed by atoms with Crippen LogP contribution >= 0.6 is 0 Å². The van der Waals surface area contributed by atoms with E-state index in [1.807, 2.05) is 0 Å². The Bertz CT molecular complexity index is 1030. The number of nitrogens with zero attached hydrogens (tertiary/aromatic N) is 2. The minimum absolute atomic E-state index is 0.0975. The van der Waals surface area contributed by atoms with Gasteiger partial charge in [0.25, 0.3) is 0 Å². The molecule has 0 aromatic heterocycles. The first-order chi connectivity index (χ1) is 16.9. The molecular formula is C26H34FN3O5. The van der Waals surface area contributed by atoms with Crippen molar-refractivity contribution in [1.29, 1.82) is 0 Å². The number of unbranched alkanes of at least 4 members (excludes halogenated alkanes) is 2. The molecule has 1 heterocycles. The number of hydrogen-bond donors (Lipinski definition) is 1. The second-order valence-electron chi connectivity index (χ2n) is 8.43. The number of ether oxygens (including phenoxy) is 3. The van der Waals surface area contributed by atoms with E-state index < -0.39 is 11.7 Å². The SMILES string of the molecule is CCCCCOc1cc(N2CC(C(=O)NC)CN(Cc3cc(F)ccc3OC)C2=O)ccc1OC. The van der Waals surface area contributed by atoms with Gasteiger partial charge in [-0.2, -0.15) is 0 Å². The summed E-state index contributed by atoms with van der Waals surface area (Å²) in [6, 6.07) is 9.16. The fraction of sp³-hybridized carbons (Fsp3) is 0.462. The Hall–Kier alpha value is -3.49. The lowest BCUT2D eigenvalue weighted by Crippen LogP contribution is -2.56. The first-order valence-electron chi connectivity index (χ1n) is 11.8. The van der Waals surface area contributed by atoms with E-state index in [1.54, 1.807) is 37.3 Å². The van der Waals surface area contributed by atoms with Gasteiger partial charge < -0.3 is 24.4 Å². The van der Waals surface area contributed by atoms with Crippen LogP contribution in [-0.2, 0) is 11.3 Å². The smallest absolute Gasteiger partial charge is 0.324 e. The number of urea groups is 1. The molecule has 0 saturated carbocycles. The van der Waals surface area contributed by atoms with Gasteiger partial charge in [-0.3, -0.25) is 9.69 Å². The summed E-state index contributed by atoms with van der Waals surface area (Å²) in [7, 11) is 4.63. The zero-order valence-electron chi connectivity index (χ0n) is 20.8. The maximum atomic E-state index is 13.9. The largest absolute Gasteiger partial charge is 0.496 e. The van der Waals surface area contributed by atoms with Crippen molar-refractivity contribution in [2.24, 2.45) is 5.92 Å². The molecule has 3 amide bonds. The van der Waals surface area contributed by atoms with Crippen LogP contribution in [0, 0.1) is 11.7 Å². The van der Waals surface area contributed by atoms with Crippen LogP contribution in [0.1, 0.15) is 31.7 Å². The molecule has 3 rings (SSSR count). The molecule has 35 heavy (non-hydrogen) atoms. The van der Waals surface area contributed by atoms with Crippen LogP contribution < -0.4 is 24.4 Å². The molecule has 1 fully saturated rings. The highest BCUT2D eigenvalue weighted by Gasteiger charge is 2.36. The molecule has 190 valence electrons. The molecule has 0 spiro atoms. The maximum Gasteiger partial charge on any atom is 0.324 e. The predicted octanol–water partition coefficient (Wildman–Crippen LogP) is 4.22. The predicted molar refractivity (Wildman–Crippen MR) is 132 cm³/mol. The molecule has 9 heteroatoms. The van der Waals surface area contributed by atoms with Crippen LogP contribution in [0.5, 0.6) is 17.2 Å². The third kappa shape index (κ3) is 6.35. The number of rotatable bonds is 11. The topological polar surface area (TPSA) is 80.3 Å². The lowest BCUT2D eigenvalue weighted by Gasteiger charge is -2.39. The van der Waals surface area contributed by atoms with Crippen molar-refractivity contribution < 1.29 is 28.2 Å². The summed E-state index contributed by atoms with van der Waals surface area (Å²) in [5.74, 6) is 0.495. The van der Waals surface area contributed by atoms with Gasteiger partial charge in [-0.15, -0.1) is 0 Å². The van der Waals surface area contributed by atoms with Gasteiger partial charge >= 0.3 is 6.03 Å². The van der Waals surface area contributed by atoms with Crippen molar-refractivity contribution in [1.82, 2.24) is 10.2 Å². The van der Waals surface area contributed by atoms with Crippen LogP contribution in [0.15, 0.2) is 36.4 Å². The summed E-state index contributed by atoms with van der Waals surface area (Å²) in [4.78, 5) is 29.2. The lowest BCUT2D eigenvalue weighted by atomic mass is 10.0. The van der Waals surface area contributed by atoms with E-state index >= 15 is 0 Å². The average Bonchev–Trinajstić information content (AvgIpc) is 2.87. The average molecular weight is 488 g/mol. The van der Waals surface area contributed by atoms with Gasteiger partial charge in [-0.05, 0) is 36.8 Å². The molecule has 2 aromatic rings. The first kappa shape index (κ1) is 26.1. The van der Waals surface area contributed by atoms with E-state index in [0.29, 0.717) is 35.1 Å². The van der Waals surface area contributed by atoms with E-state index in [-0.39, 0.29) is 31.6 Å². The van der Waals surface area contributed by atoms with Crippen LogP contribution in [-0.4, -0.2) is 57.8 Å². The van der Waals surface area contributed by atoms with E-state index in [0.717, 1.165) is 19.3 Å². The van der Waals surface area contributed by atoms with Gasteiger partial charge in [-0.25, -0.2) is 9.18 Å². The number of hydrogen-bond acceptors (Lipinski definition) is 5. The number of benzene rings is 2. The minimum atomic E-state index is -0.478. The molecule has 8 nitrogen and oxygen atoms in total. The van der Waals surface area contributed by atoms with Crippen molar-refractivity contribution in [3.05, 3.63) is 47.8 Å². The van der Waals surface area contributed by atoms with Crippen LogP contribution in [0.4, 0.5) is 14.9 Å². The summed E-state index contributed by atoms with van der Waals surface area (Å²) in [5.41, 5.74) is 1.11. The Morgan fingerprint density at radius 1 is 1.06 bits per heavy atom. The van der Waals surface area contributed by atoms with Gasteiger partial charge in [0.1, 0.15) is 11.6 Å². The van der Waals surface area contributed by atoms with Crippen molar-refractivity contribution >= 4 is 17.6 Å². The van der Waals surface area contributed by atoms with Gasteiger partial charge in [0.05, 0.1) is 33.3 Å². The van der Waals surface area contributed by atoms with E-state index in [1.165, 1.54) is 30.2 Å². The summed E-state index contributed by atoms with van der Waals surface area (Å²) in [5, 5.41) is 2.67. The van der Waals surface area contributed by atoms with Crippen molar-refractivity contribution in [3.63, 3.8) is 0 Å². The van der Waals surface area contributed by atoms with E-state index in [4.69, 9.17) is 14.2 Å². The molecule has 1 saturated heterocycles. The van der Waals surface area contributed by atoms with Crippen molar-refractivity contribution in [2.75, 3.05) is 45.9 Å². The lowest BCUT2D eigenvalue weighted by molar-refractivity contribution is -0.124. The number of anilines is 1. The third-order valence-corrected chi connectivity index (χ3v) is 6.03. The summed E-state index contributed by atoms with van der Waals surface area (Å²) < 4.78 is 30.7. The van der Waals surface area contributed by atoms with Crippen LogP contribution in [0.2, 0.25) is 0 Å². The highest BCUT2D eigenvalue weighted by atomic mass is 19.1. The molecule has 0 radical (unpaired) electrons. The highest BCUT2D eigenvalue weighted by molar-refractivity contribution is 5.95. The maximum absolute atomic E-state index is 13.9. The summed E-state index contributed by atoms with van der Waals surface area (Å²) in [6.07, 6.45) is 3.04. The molecule has 1 aliphatic rings. The number of carbonyl (C=O) groups excluding carboxylic acids is 2. The normalized spacial score (nSPS) is 15.7. The third-order valence-electron chi connectivity index (χ3n) is 6.03. The monoisotopic (exact) mass is 487 g/mol. The number of nitrogens with one attached hydrogen (secondary N) is 1. The number of halogens is 1. The summed E-state index contributed by atoms with van der Waals surface area (Å²) >= 11 is 0. The molecule has 1 aliphatic heterocycles. The molecule has 0 aliphatic carbocycles. The minimum Gasteiger partial charge on any atom is -0.496 e. The Kier molecular flexibility index (Phi) is 9.17. The van der Waals surface area contributed by atoms with Gasteiger partial charge in [0, 0.05) is 37.5 Å². The van der Waals surface area contributed by atoms with E-state index in [9.17, 15) is 14.0 Å². The zero-order valence-corrected chi connectivity index (χ0v) is 20.8. The molecule has 1 unspecified atom stereocenters. The van der Waals surface area contributed by atoms with Crippen molar-refractivity contribution in [3.8, 4) is 17.2 Å². The second-order valence-corrected chi connectivity index (χ2v) is 8.43. The molecule has 1 atom stereocenters. The fourth-order valence-corrected chi connectivity index (χ4v) is 4.15. The van der Waals surface area contributed by atoms with Gasteiger partial charge in [-0.1, -0.05) is 19.8 Å². The fourth-order valence-electron chi connectivity index (χ4n) is 4.15. The molecule has 0 bridgehead atoms. The zero-order chi connectivity index (χ0) is 25.4. The molecule has 2 aromatic carbocycles. The second kappa shape index (κ2) is 12.3. The summed E-state index contributed by atoms with van der Waals surface area (Å²) in [6.45, 7) is 3.16. The Balaban J connectivity index is 1.91. The number of methoxy groups -OCH3 is 2. The first-order valence-corrected chi connectivity index (χ1v) is 11.8. The van der Waals surface area contributed by atoms with Gasteiger partial charge in [0.2, 0.25) is 5.91 Å². The highest BCUT2D eigenvalue weighted by Crippen LogP contribution is 2.34. The quantitative estimate of drug-likeness (QED) is 0.480. The van der Waals surface area contributed by atoms with Crippen LogP contribution in [0.25, 0.3) is 0 Å². The number of amides is 3. The Morgan fingerprint density at radius 3 is 2.49 bits per heavy atom. The van der Waals surface area contributed by atoms with Crippen molar-refractivity contribution in [2.45, 2.75) is 32.7 Å². The van der Waals surface area contributed by atoms with E-state index in [2.05, 4.69) is 12.2 Å². The van der Waals surface area contributed by atoms with Gasteiger partial charge in [0.15, 0.2) is 11.5 Å². The Morgan fingerprint density at radius 2 is 1.80 bits per heavy atom. The molecular weight excluding hydrogens is 453 g/mol. The van der Waals surface area contributed by atoms with Crippen LogP contribution in [0.3, 0.4) is 0 Å². The number of carbonyl (C=O) groups is 2. The molecule has 1 N–H and O–H groups in total. The Labute approximate surface area is 205 Å².